The maximum atomic E-state index is 11.8. The highest BCUT2D eigenvalue weighted by Gasteiger charge is 2.21. The predicted molar refractivity (Wildman–Crippen MR) is 78.7 cm³/mol. The van der Waals surface area contributed by atoms with Crippen LogP contribution in [0.2, 0.25) is 0 Å². The average Bonchev–Trinajstić information content (AvgIpc) is 2.28. The second-order valence-corrected chi connectivity index (χ2v) is 4.74. The number of carbonyl (C=O) groups is 1. The van der Waals surface area contributed by atoms with Crippen LogP contribution < -0.4 is 22.3 Å². The Labute approximate surface area is 120 Å². The molecule has 0 aliphatic rings. The Balaban J connectivity index is 3.18. The van der Waals surface area contributed by atoms with Gasteiger partial charge in [-0.05, 0) is 32.0 Å². The molecule has 7 heteroatoms. The van der Waals surface area contributed by atoms with Gasteiger partial charge in [-0.2, -0.15) is 0 Å². The molecule has 0 amide bonds. The Morgan fingerprint density at radius 2 is 2.11 bits per heavy atom. The first kappa shape index (κ1) is 15.3. The van der Waals surface area contributed by atoms with Crippen LogP contribution in [0.1, 0.15) is 13.8 Å². The van der Waals surface area contributed by atoms with Crippen molar-refractivity contribution in [3.63, 3.8) is 0 Å². The summed E-state index contributed by atoms with van der Waals surface area (Å²) in [7, 11) is 0. The number of ether oxygens (including phenoxy) is 1. The Hall–Kier alpha value is -1.73. The van der Waals surface area contributed by atoms with Crippen LogP contribution in [0, 0.1) is 0 Å². The molecular formula is C12H17BrN4O2. The van der Waals surface area contributed by atoms with Gasteiger partial charge in [0.15, 0.2) is 5.70 Å². The Morgan fingerprint density at radius 1 is 1.47 bits per heavy atom. The minimum absolute atomic E-state index is 0.0656. The lowest BCUT2D eigenvalue weighted by molar-refractivity contribution is -0.138. The van der Waals surface area contributed by atoms with Gasteiger partial charge in [-0.3, -0.25) is 5.01 Å². The van der Waals surface area contributed by atoms with Crippen molar-refractivity contribution in [2.45, 2.75) is 13.8 Å². The van der Waals surface area contributed by atoms with E-state index in [0.717, 1.165) is 9.48 Å². The fourth-order valence-corrected chi connectivity index (χ4v) is 1.89. The minimum atomic E-state index is -0.590. The molecule has 0 unspecified atom stereocenters. The first-order valence-corrected chi connectivity index (χ1v) is 6.41. The number of halogens is 1. The van der Waals surface area contributed by atoms with Crippen LogP contribution in [0.4, 0.5) is 11.4 Å². The largest absolute Gasteiger partial charge is 0.461 e. The monoisotopic (exact) mass is 328 g/mol. The van der Waals surface area contributed by atoms with Gasteiger partial charge in [-0.25, -0.2) is 10.6 Å². The third-order valence-electron chi connectivity index (χ3n) is 2.33. The third-order valence-corrected chi connectivity index (χ3v) is 2.83. The molecule has 6 nitrogen and oxygen atoms in total. The number of hydrazine groups is 1. The summed E-state index contributed by atoms with van der Waals surface area (Å²) in [6.07, 6.45) is 0. The molecule has 0 aliphatic heterocycles. The van der Waals surface area contributed by atoms with E-state index in [-0.39, 0.29) is 18.0 Å². The van der Waals surface area contributed by atoms with Crippen molar-refractivity contribution in [1.29, 1.82) is 0 Å². The number of nitrogens with two attached hydrogens (primary N) is 3. The Kier molecular flexibility index (Phi) is 5.20. The fourth-order valence-electron chi connectivity index (χ4n) is 1.51. The number of hydrogen-bond donors (Lipinski definition) is 3. The van der Waals surface area contributed by atoms with Crippen molar-refractivity contribution < 1.29 is 9.53 Å². The summed E-state index contributed by atoms with van der Waals surface area (Å²) in [6.45, 7) is 3.51. The zero-order valence-electron chi connectivity index (χ0n) is 10.8. The maximum absolute atomic E-state index is 11.8. The molecule has 6 N–H and O–H groups in total. The first-order valence-electron chi connectivity index (χ1n) is 5.61. The van der Waals surface area contributed by atoms with Crippen molar-refractivity contribution >= 4 is 33.3 Å². The van der Waals surface area contributed by atoms with Crippen molar-refractivity contribution in [2.24, 2.45) is 11.6 Å². The SMILES string of the molecule is CCOC(=O)/C(=C(/C)N)N(N)c1ccc(Br)cc1N. The van der Waals surface area contributed by atoms with Gasteiger partial charge in [0.25, 0.3) is 0 Å². The first-order chi connectivity index (χ1) is 8.88. The molecule has 0 spiro atoms. The van der Waals surface area contributed by atoms with E-state index < -0.39 is 5.97 Å². The topological polar surface area (TPSA) is 108 Å². The molecule has 1 aromatic carbocycles. The molecule has 0 fully saturated rings. The summed E-state index contributed by atoms with van der Waals surface area (Å²) in [4.78, 5) is 11.8. The predicted octanol–water partition coefficient (Wildman–Crippen LogP) is 1.46. The molecule has 0 atom stereocenters. The molecule has 0 bridgehead atoms. The molecule has 0 saturated heterocycles. The molecule has 0 aliphatic carbocycles. The van der Waals surface area contributed by atoms with Gasteiger partial charge in [0.05, 0.1) is 18.0 Å². The molecule has 1 aromatic rings. The second-order valence-electron chi connectivity index (χ2n) is 3.83. The number of anilines is 2. The van der Waals surface area contributed by atoms with Gasteiger partial charge in [-0.15, -0.1) is 0 Å². The zero-order chi connectivity index (χ0) is 14.6. The third kappa shape index (κ3) is 3.62. The summed E-state index contributed by atoms with van der Waals surface area (Å²) in [5, 5.41) is 1.13. The van der Waals surface area contributed by atoms with Crippen molar-refractivity contribution in [3.05, 3.63) is 34.1 Å². The van der Waals surface area contributed by atoms with Crippen molar-refractivity contribution in [1.82, 2.24) is 0 Å². The summed E-state index contributed by atoms with van der Waals surface area (Å²) in [5.41, 5.74) is 12.8. The van der Waals surface area contributed by atoms with E-state index in [9.17, 15) is 4.79 Å². The van der Waals surface area contributed by atoms with Gasteiger partial charge in [0, 0.05) is 10.2 Å². The van der Waals surface area contributed by atoms with E-state index in [1.54, 1.807) is 32.0 Å². The highest BCUT2D eigenvalue weighted by Crippen LogP contribution is 2.27. The van der Waals surface area contributed by atoms with Crippen LogP contribution >= 0.6 is 15.9 Å². The highest BCUT2D eigenvalue weighted by atomic mass is 79.9. The molecule has 104 valence electrons. The van der Waals surface area contributed by atoms with Gasteiger partial charge in [0.2, 0.25) is 0 Å². The lowest BCUT2D eigenvalue weighted by atomic mass is 10.2. The molecule has 0 aromatic heterocycles. The fraction of sp³-hybridized carbons (Fsp3) is 0.250. The van der Waals surface area contributed by atoms with Gasteiger partial charge in [-0.1, -0.05) is 15.9 Å². The molecule has 0 radical (unpaired) electrons. The van der Waals surface area contributed by atoms with Crippen LogP contribution in [0.15, 0.2) is 34.1 Å². The molecule has 1 rings (SSSR count). The van der Waals surface area contributed by atoms with Gasteiger partial charge in [0.1, 0.15) is 0 Å². The zero-order valence-corrected chi connectivity index (χ0v) is 12.4. The quantitative estimate of drug-likeness (QED) is 0.254. The van der Waals surface area contributed by atoms with Crippen LogP contribution in [-0.4, -0.2) is 12.6 Å². The van der Waals surface area contributed by atoms with Crippen LogP contribution in [-0.2, 0) is 9.53 Å². The summed E-state index contributed by atoms with van der Waals surface area (Å²) in [5.74, 6) is 5.33. The van der Waals surface area contributed by atoms with Crippen LogP contribution in [0.25, 0.3) is 0 Å². The van der Waals surface area contributed by atoms with Gasteiger partial charge < -0.3 is 16.2 Å². The number of nitrogen functional groups attached to an aromatic ring is 1. The smallest absolute Gasteiger partial charge is 0.358 e. The minimum Gasteiger partial charge on any atom is -0.461 e. The summed E-state index contributed by atoms with van der Waals surface area (Å²) >= 11 is 3.30. The van der Waals surface area contributed by atoms with E-state index in [0.29, 0.717) is 11.4 Å². The van der Waals surface area contributed by atoms with E-state index in [1.807, 2.05) is 0 Å². The lowest BCUT2D eigenvalue weighted by Gasteiger charge is -2.23. The van der Waals surface area contributed by atoms with E-state index in [1.165, 1.54) is 0 Å². The summed E-state index contributed by atoms with van der Waals surface area (Å²) in [6, 6.07) is 5.13. The maximum Gasteiger partial charge on any atom is 0.358 e. The van der Waals surface area contributed by atoms with E-state index in [4.69, 9.17) is 22.0 Å². The molecule has 19 heavy (non-hydrogen) atoms. The van der Waals surface area contributed by atoms with Crippen LogP contribution in [0.3, 0.4) is 0 Å². The average molecular weight is 329 g/mol. The van der Waals surface area contributed by atoms with Crippen molar-refractivity contribution in [2.75, 3.05) is 17.3 Å². The van der Waals surface area contributed by atoms with E-state index in [2.05, 4.69) is 15.9 Å². The number of nitrogens with zero attached hydrogens (tertiary/aromatic N) is 1. The van der Waals surface area contributed by atoms with Crippen molar-refractivity contribution in [3.8, 4) is 0 Å². The lowest BCUT2D eigenvalue weighted by Crippen LogP contribution is -2.37. The number of allylic oxidation sites excluding steroid dienone is 1. The Bertz CT molecular complexity index is 512. The van der Waals surface area contributed by atoms with Gasteiger partial charge >= 0.3 is 5.97 Å². The highest BCUT2D eigenvalue weighted by molar-refractivity contribution is 9.10. The molecule has 0 heterocycles. The number of esters is 1. The number of benzene rings is 1. The standard InChI is InChI=1S/C12H17BrN4O2/c1-3-19-12(18)11(7(2)14)17(16)10-5-4-8(13)6-9(10)15/h4-6H,3,14-16H2,1-2H3/b11-7+. The summed E-state index contributed by atoms with van der Waals surface area (Å²) < 4.78 is 5.74. The second kappa shape index (κ2) is 6.44. The number of carbonyl (C=O) groups excluding carboxylic acids is 1. The number of hydrogen-bond acceptors (Lipinski definition) is 6. The molecule has 0 saturated carbocycles. The van der Waals surface area contributed by atoms with E-state index >= 15 is 0 Å². The number of rotatable bonds is 4. The normalized spacial score (nSPS) is 11.8. The Morgan fingerprint density at radius 3 is 2.58 bits per heavy atom. The van der Waals surface area contributed by atoms with Crippen LogP contribution in [0.5, 0.6) is 0 Å². The molecular weight excluding hydrogens is 312 g/mol.